The number of fused-ring (bicyclic) bond motifs is 1. The van der Waals surface area contributed by atoms with Crippen LogP contribution in [0, 0.1) is 11.3 Å². The summed E-state index contributed by atoms with van der Waals surface area (Å²) in [5.41, 5.74) is 1.41. The molecule has 0 spiro atoms. The van der Waals surface area contributed by atoms with Crippen LogP contribution in [0.2, 0.25) is 0 Å². The third-order valence-corrected chi connectivity index (χ3v) is 4.89. The van der Waals surface area contributed by atoms with Crippen LogP contribution in [-0.2, 0) is 4.74 Å². The molecule has 10 heteroatoms. The SMILES string of the molecule is CCOc1cc(Nc2ncc(C(=O)N3CCOCC3)cc2OC)nc2[nH]cc(C#N)c12. The van der Waals surface area contributed by atoms with Crippen LogP contribution in [0.15, 0.2) is 24.5 Å². The molecule has 0 unspecified atom stereocenters. The minimum absolute atomic E-state index is 0.116. The Morgan fingerprint density at radius 2 is 2.16 bits per heavy atom. The van der Waals surface area contributed by atoms with E-state index in [-0.39, 0.29) is 5.91 Å². The predicted molar refractivity (Wildman–Crippen MR) is 113 cm³/mol. The molecule has 0 saturated carbocycles. The first-order valence-electron chi connectivity index (χ1n) is 9.87. The molecule has 4 rings (SSSR count). The Bertz CT molecular complexity index is 1150. The molecular weight excluding hydrogens is 400 g/mol. The molecule has 0 aliphatic carbocycles. The average Bonchev–Trinajstić information content (AvgIpc) is 3.23. The summed E-state index contributed by atoms with van der Waals surface area (Å²) in [5.74, 6) is 1.69. The molecule has 0 radical (unpaired) electrons. The molecule has 0 atom stereocenters. The van der Waals surface area contributed by atoms with Gasteiger partial charge < -0.3 is 29.4 Å². The number of carbonyl (C=O) groups excluding carboxylic acids is 1. The average molecular weight is 422 g/mol. The second-order valence-electron chi connectivity index (χ2n) is 6.78. The normalized spacial score (nSPS) is 13.6. The molecule has 4 heterocycles. The number of ether oxygens (including phenoxy) is 3. The van der Waals surface area contributed by atoms with Gasteiger partial charge in [-0.2, -0.15) is 5.26 Å². The van der Waals surface area contributed by atoms with Crippen molar-refractivity contribution in [3.05, 3.63) is 35.7 Å². The van der Waals surface area contributed by atoms with Crippen molar-refractivity contribution in [3.63, 3.8) is 0 Å². The second kappa shape index (κ2) is 8.89. The van der Waals surface area contributed by atoms with Crippen molar-refractivity contribution in [2.24, 2.45) is 0 Å². The summed E-state index contributed by atoms with van der Waals surface area (Å²) < 4.78 is 16.5. The standard InChI is InChI=1S/C21H22N6O4/c1-3-31-15-9-17(26-20-18(15)14(10-22)12-24-20)25-19-16(29-2)8-13(11-23-19)21(28)27-4-6-30-7-5-27/h8-9,11-12H,3-7H2,1-2H3,(H2,23,24,25,26). The van der Waals surface area contributed by atoms with Crippen LogP contribution < -0.4 is 14.8 Å². The van der Waals surface area contributed by atoms with Gasteiger partial charge in [-0.25, -0.2) is 9.97 Å². The maximum Gasteiger partial charge on any atom is 0.255 e. The molecule has 3 aromatic rings. The Morgan fingerprint density at radius 3 is 2.87 bits per heavy atom. The first-order valence-corrected chi connectivity index (χ1v) is 9.87. The zero-order valence-electron chi connectivity index (χ0n) is 17.3. The Balaban J connectivity index is 1.63. The molecule has 0 aromatic carbocycles. The van der Waals surface area contributed by atoms with Gasteiger partial charge in [0.25, 0.3) is 5.91 Å². The van der Waals surface area contributed by atoms with Gasteiger partial charge in [0.2, 0.25) is 0 Å². The molecule has 1 aliphatic heterocycles. The van der Waals surface area contributed by atoms with Crippen molar-refractivity contribution in [3.8, 4) is 17.6 Å². The zero-order valence-corrected chi connectivity index (χ0v) is 17.3. The van der Waals surface area contributed by atoms with Crippen molar-refractivity contribution in [2.45, 2.75) is 6.92 Å². The highest BCUT2D eigenvalue weighted by molar-refractivity contribution is 5.95. The quantitative estimate of drug-likeness (QED) is 0.620. The van der Waals surface area contributed by atoms with Crippen molar-refractivity contribution < 1.29 is 19.0 Å². The molecule has 2 N–H and O–H groups in total. The fourth-order valence-corrected chi connectivity index (χ4v) is 3.40. The highest BCUT2D eigenvalue weighted by Crippen LogP contribution is 2.33. The summed E-state index contributed by atoms with van der Waals surface area (Å²) in [6.07, 6.45) is 3.10. The van der Waals surface area contributed by atoms with E-state index in [9.17, 15) is 10.1 Å². The van der Waals surface area contributed by atoms with Crippen LogP contribution >= 0.6 is 0 Å². The van der Waals surface area contributed by atoms with E-state index in [1.54, 1.807) is 23.2 Å². The molecule has 31 heavy (non-hydrogen) atoms. The fourth-order valence-electron chi connectivity index (χ4n) is 3.40. The van der Waals surface area contributed by atoms with Gasteiger partial charge in [-0.15, -0.1) is 0 Å². The molecule has 1 aliphatic rings. The Labute approximate surface area is 178 Å². The van der Waals surface area contributed by atoms with E-state index in [4.69, 9.17) is 14.2 Å². The van der Waals surface area contributed by atoms with Crippen molar-refractivity contribution >= 4 is 28.6 Å². The lowest BCUT2D eigenvalue weighted by molar-refractivity contribution is 0.0302. The topological polar surface area (TPSA) is 125 Å². The smallest absolute Gasteiger partial charge is 0.255 e. The molecule has 1 saturated heterocycles. The number of nitrogens with one attached hydrogen (secondary N) is 2. The number of aromatic amines is 1. The van der Waals surface area contributed by atoms with Gasteiger partial charge in [-0.05, 0) is 13.0 Å². The third-order valence-electron chi connectivity index (χ3n) is 4.89. The van der Waals surface area contributed by atoms with E-state index in [2.05, 4.69) is 26.3 Å². The number of pyridine rings is 2. The summed E-state index contributed by atoms with van der Waals surface area (Å²) in [7, 11) is 1.51. The summed E-state index contributed by atoms with van der Waals surface area (Å²) >= 11 is 0. The van der Waals surface area contributed by atoms with Crippen LogP contribution in [-0.4, -0.2) is 65.8 Å². The van der Waals surface area contributed by atoms with Gasteiger partial charge in [0.1, 0.15) is 23.3 Å². The van der Waals surface area contributed by atoms with Gasteiger partial charge in [0, 0.05) is 31.5 Å². The Kier molecular flexibility index (Phi) is 5.86. The molecule has 10 nitrogen and oxygen atoms in total. The maximum absolute atomic E-state index is 12.7. The van der Waals surface area contributed by atoms with E-state index >= 15 is 0 Å². The largest absolute Gasteiger partial charge is 0.493 e. The predicted octanol–water partition coefficient (Wildman–Crippen LogP) is 2.45. The molecule has 160 valence electrons. The number of rotatable bonds is 6. The van der Waals surface area contributed by atoms with Crippen molar-refractivity contribution in [2.75, 3.05) is 45.3 Å². The number of hydrogen-bond donors (Lipinski definition) is 2. The van der Waals surface area contributed by atoms with Gasteiger partial charge in [-0.3, -0.25) is 4.79 Å². The summed E-state index contributed by atoms with van der Waals surface area (Å²) in [6.45, 7) is 4.46. The first-order chi connectivity index (χ1) is 15.1. The number of nitriles is 1. The van der Waals surface area contributed by atoms with Crippen LogP contribution in [0.25, 0.3) is 11.0 Å². The minimum atomic E-state index is -0.116. The number of morpholine rings is 1. The number of anilines is 2. The van der Waals surface area contributed by atoms with E-state index in [1.807, 2.05) is 6.92 Å². The Morgan fingerprint density at radius 1 is 1.35 bits per heavy atom. The number of carbonyl (C=O) groups is 1. The molecular formula is C21H22N6O4. The summed E-state index contributed by atoms with van der Waals surface area (Å²) in [5, 5.41) is 13.1. The first kappa shape index (κ1) is 20.4. The van der Waals surface area contributed by atoms with Crippen LogP contribution in [0.4, 0.5) is 11.6 Å². The van der Waals surface area contributed by atoms with Crippen molar-refractivity contribution in [1.29, 1.82) is 5.26 Å². The number of methoxy groups -OCH3 is 1. The summed E-state index contributed by atoms with van der Waals surface area (Å²) in [4.78, 5) is 26.3. The number of nitrogens with zero attached hydrogens (tertiary/aromatic N) is 4. The van der Waals surface area contributed by atoms with Crippen LogP contribution in [0.3, 0.4) is 0 Å². The molecule has 0 bridgehead atoms. The summed E-state index contributed by atoms with van der Waals surface area (Å²) in [6, 6.07) is 5.49. The fraction of sp³-hybridized carbons (Fsp3) is 0.333. The lowest BCUT2D eigenvalue weighted by Crippen LogP contribution is -2.40. The van der Waals surface area contributed by atoms with E-state index in [0.717, 1.165) is 0 Å². The molecule has 1 amide bonds. The van der Waals surface area contributed by atoms with Gasteiger partial charge in [-0.1, -0.05) is 0 Å². The number of hydrogen-bond acceptors (Lipinski definition) is 8. The highest BCUT2D eigenvalue weighted by Gasteiger charge is 2.21. The molecule has 1 fully saturated rings. The number of amides is 1. The van der Waals surface area contributed by atoms with Crippen LogP contribution in [0.5, 0.6) is 11.5 Å². The minimum Gasteiger partial charge on any atom is -0.493 e. The van der Waals surface area contributed by atoms with Gasteiger partial charge in [0.15, 0.2) is 11.6 Å². The number of aromatic nitrogens is 3. The maximum atomic E-state index is 12.7. The second-order valence-corrected chi connectivity index (χ2v) is 6.78. The van der Waals surface area contributed by atoms with Crippen molar-refractivity contribution in [1.82, 2.24) is 19.9 Å². The zero-order chi connectivity index (χ0) is 21.8. The lowest BCUT2D eigenvalue weighted by atomic mass is 10.2. The van der Waals surface area contributed by atoms with Gasteiger partial charge in [0.05, 0.1) is 43.4 Å². The lowest BCUT2D eigenvalue weighted by Gasteiger charge is -2.27. The Hall–Kier alpha value is -3.84. The highest BCUT2D eigenvalue weighted by atomic mass is 16.5. The van der Waals surface area contributed by atoms with Gasteiger partial charge >= 0.3 is 0 Å². The van der Waals surface area contributed by atoms with Crippen LogP contribution in [0.1, 0.15) is 22.8 Å². The van der Waals surface area contributed by atoms with E-state index in [0.29, 0.717) is 78.2 Å². The molecule has 3 aromatic heterocycles. The van der Waals surface area contributed by atoms with E-state index < -0.39 is 0 Å². The third kappa shape index (κ3) is 4.08. The van der Waals surface area contributed by atoms with E-state index in [1.165, 1.54) is 13.3 Å². The number of H-pyrrole nitrogens is 1. The monoisotopic (exact) mass is 422 g/mol.